The van der Waals surface area contributed by atoms with Crippen molar-refractivity contribution in [1.82, 2.24) is 5.32 Å². The minimum absolute atomic E-state index is 0.422. The fourth-order valence-corrected chi connectivity index (χ4v) is 2.61. The van der Waals surface area contributed by atoms with Gasteiger partial charge in [0, 0.05) is 22.7 Å². The molecule has 0 unspecified atom stereocenters. The van der Waals surface area contributed by atoms with Crippen molar-refractivity contribution in [2.75, 3.05) is 13.2 Å². The Kier molecular flexibility index (Phi) is 7.93. The predicted octanol–water partition coefficient (Wildman–Crippen LogP) is 5.21. The molecular formula is C20H26ClNO2. The van der Waals surface area contributed by atoms with E-state index in [9.17, 15) is 0 Å². The fraction of sp³-hybridized carbons (Fsp3) is 0.400. The lowest BCUT2D eigenvalue weighted by Crippen LogP contribution is -2.15. The summed E-state index contributed by atoms with van der Waals surface area (Å²) in [6.45, 7) is 6.96. The summed E-state index contributed by atoms with van der Waals surface area (Å²) in [6.07, 6.45) is 2.35. The highest BCUT2D eigenvalue weighted by atomic mass is 35.5. The molecule has 0 fully saturated rings. The highest BCUT2D eigenvalue weighted by Crippen LogP contribution is 2.32. The minimum Gasteiger partial charge on any atom is -0.490 e. The van der Waals surface area contributed by atoms with Crippen LogP contribution in [0.5, 0.6) is 11.5 Å². The van der Waals surface area contributed by atoms with E-state index in [0.717, 1.165) is 35.7 Å². The molecule has 0 saturated carbocycles. The molecule has 0 aliphatic rings. The summed E-state index contributed by atoms with van der Waals surface area (Å²) in [6, 6.07) is 13.8. The van der Waals surface area contributed by atoms with Crippen LogP contribution in [0.3, 0.4) is 0 Å². The summed E-state index contributed by atoms with van der Waals surface area (Å²) < 4.78 is 11.8. The van der Waals surface area contributed by atoms with Crippen LogP contribution in [-0.2, 0) is 13.2 Å². The number of para-hydroxylation sites is 1. The third-order valence-corrected chi connectivity index (χ3v) is 4.08. The Morgan fingerprint density at radius 1 is 0.958 bits per heavy atom. The minimum atomic E-state index is 0.422. The first-order valence-electron chi connectivity index (χ1n) is 8.57. The molecule has 3 nitrogen and oxygen atoms in total. The zero-order valence-electron chi connectivity index (χ0n) is 14.5. The van der Waals surface area contributed by atoms with Crippen molar-refractivity contribution in [1.29, 1.82) is 0 Å². The van der Waals surface area contributed by atoms with E-state index < -0.39 is 0 Å². The molecule has 2 rings (SSSR count). The average molecular weight is 348 g/mol. The number of rotatable bonds is 10. The van der Waals surface area contributed by atoms with Gasteiger partial charge >= 0.3 is 0 Å². The van der Waals surface area contributed by atoms with Crippen molar-refractivity contribution in [2.24, 2.45) is 0 Å². The van der Waals surface area contributed by atoms with E-state index in [-0.39, 0.29) is 0 Å². The molecule has 0 aliphatic heterocycles. The van der Waals surface area contributed by atoms with Gasteiger partial charge in [-0.3, -0.25) is 0 Å². The quantitative estimate of drug-likeness (QED) is 0.598. The van der Waals surface area contributed by atoms with Gasteiger partial charge in [-0.05, 0) is 32.0 Å². The topological polar surface area (TPSA) is 30.5 Å². The Morgan fingerprint density at radius 2 is 1.75 bits per heavy atom. The molecule has 0 aliphatic carbocycles. The molecule has 0 bridgehead atoms. The summed E-state index contributed by atoms with van der Waals surface area (Å²) in [5.74, 6) is 1.57. The molecule has 4 heteroatoms. The Labute approximate surface area is 149 Å². The molecule has 0 heterocycles. The standard InChI is InChI=1S/C20H26ClNO2/c1-3-5-13-22-14-16-10-8-12-19(23-4-2)20(16)24-15-17-9-6-7-11-18(17)21/h6-12,22H,3-5,13-15H2,1-2H3. The lowest BCUT2D eigenvalue weighted by atomic mass is 10.1. The monoisotopic (exact) mass is 347 g/mol. The van der Waals surface area contributed by atoms with Crippen LogP contribution >= 0.6 is 11.6 Å². The number of halogens is 1. The molecule has 24 heavy (non-hydrogen) atoms. The van der Waals surface area contributed by atoms with E-state index in [0.29, 0.717) is 18.2 Å². The van der Waals surface area contributed by atoms with Crippen LogP contribution in [0.4, 0.5) is 0 Å². The normalized spacial score (nSPS) is 10.6. The number of ether oxygens (including phenoxy) is 2. The maximum Gasteiger partial charge on any atom is 0.166 e. The zero-order chi connectivity index (χ0) is 17.2. The van der Waals surface area contributed by atoms with Crippen LogP contribution in [0.2, 0.25) is 5.02 Å². The first-order chi connectivity index (χ1) is 11.8. The largest absolute Gasteiger partial charge is 0.490 e. The SMILES string of the molecule is CCCCNCc1cccc(OCC)c1OCc1ccccc1Cl. The van der Waals surface area contributed by atoms with Crippen molar-refractivity contribution in [3.63, 3.8) is 0 Å². The summed E-state index contributed by atoms with van der Waals surface area (Å²) in [7, 11) is 0. The van der Waals surface area contributed by atoms with E-state index in [2.05, 4.69) is 18.3 Å². The number of nitrogens with one attached hydrogen (secondary N) is 1. The number of hydrogen-bond donors (Lipinski definition) is 1. The van der Waals surface area contributed by atoms with Gasteiger partial charge in [0.15, 0.2) is 11.5 Å². The van der Waals surface area contributed by atoms with Crippen molar-refractivity contribution in [3.8, 4) is 11.5 Å². The molecular weight excluding hydrogens is 322 g/mol. The van der Waals surface area contributed by atoms with Gasteiger partial charge < -0.3 is 14.8 Å². The van der Waals surface area contributed by atoms with Gasteiger partial charge in [0.1, 0.15) is 6.61 Å². The van der Waals surface area contributed by atoms with Gasteiger partial charge in [-0.25, -0.2) is 0 Å². The molecule has 0 saturated heterocycles. The van der Waals surface area contributed by atoms with Gasteiger partial charge in [0.25, 0.3) is 0 Å². The fourth-order valence-electron chi connectivity index (χ4n) is 2.42. The molecule has 2 aromatic carbocycles. The molecule has 130 valence electrons. The number of benzene rings is 2. The smallest absolute Gasteiger partial charge is 0.166 e. The van der Waals surface area contributed by atoms with Crippen LogP contribution in [0.1, 0.15) is 37.8 Å². The Hall–Kier alpha value is -1.71. The van der Waals surface area contributed by atoms with Crippen LogP contribution in [0.15, 0.2) is 42.5 Å². The van der Waals surface area contributed by atoms with Crippen molar-refractivity contribution in [3.05, 3.63) is 58.6 Å². The highest BCUT2D eigenvalue weighted by molar-refractivity contribution is 6.31. The number of unbranched alkanes of at least 4 members (excludes halogenated alkanes) is 1. The van der Waals surface area contributed by atoms with E-state index in [1.165, 1.54) is 12.8 Å². The van der Waals surface area contributed by atoms with E-state index in [1.54, 1.807) is 0 Å². The van der Waals surface area contributed by atoms with Gasteiger partial charge in [0.05, 0.1) is 6.61 Å². The molecule has 1 N–H and O–H groups in total. The Morgan fingerprint density at radius 3 is 2.50 bits per heavy atom. The predicted molar refractivity (Wildman–Crippen MR) is 100 cm³/mol. The Balaban J connectivity index is 2.13. The van der Waals surface area contributed by atoms with Gasteiger partial charge in [-0.15, -0.1) is 0 Å². The maximum atomic E-state index is 6.23. The molecule has 2 aromatic rings. The molecule has 0 radical (unpaired) electrons. The molecule has 0 spiro atoms. The van der Waals surface area contributed by atoms with Crippen LogP contribution in [0, 0.1) is 0 Å². The van der Waals surface area contributed by atoms with Gasteiger partial charge in [-0.2, -0.15) is 0 Å². The van der Waals surface area contributed by atoms with Crippen LogP contribution in [-0.4, -0.2) is 13.2 Å². The van der Waals surface area contributed by atoms with E-state index in [1.807, 2.05) is 43.3 Å². The zero-order valence-corrected chi connectivity index (χ0v) is 15.2. The van der Waals surface area contributed by atoms with Crippen LogP contribution < -0.4 is 14.8 Å². The van der Waals surface area contributed by atoms with Crippen molar-refractivity contribution < 1.29 is 9.47 Å². The number of hydrogen-bond acceptors (Lipinski definition) is 3. The first-order valence-corrected chi connectivity index (χ1v) is 8.95. The molecule has 0 amide bonds. The third kappa shape index (κ3) is 5.43. The van der Waals surface area contributed by atoms with Gasteiger partial charge in [0.2, 0.25) is 0 Å². The van der Waals surface area contributed by atoms with E-state index >= 15 is 0 Å². The summed E-state index contributed by atoms with van der Waals surface area (Å²) in [4.78, 5) is 0. The molecule has 0 aromatic heterocycles. The van der Waals surface area contributed by atoms with E-state index in [4.69, 9.17) is 21.1 Å². The summed E-state index contributed by atoms with van der Waals surface area (Å²) in [5.41, 5.74) is 2.07. The highest BCUT2D eigenvalue weighted by Gasteiger charge is 2.12. The maximum absolute atomic E-state index is 6.23. The lowest BCUT2D eigenvalue weighted by Gasteiger charge is -2.17. The molecule has 0 atom stereocenters. The summed E-state index contributed by atoms with van der Waals surface area (Å²) >= 11 is 6.23. The van der Waals surface area contributed by atoms with Crippen LogP contribution in [0.25, 0.3) is 0 Å². The Bertz CT molecular complexity index is 631. The van der Waals surface area contributed by atoms with Gasteiger partial charge in [-0.1, -0.05) is 55.3 Å². The second-order valence-electron chi connectivity index (χ2n) is 5.59. The van der Waals surface area contributed by atoms with Crippen molar-refractivity contribution >= 4 is 11.6 Å². The van der Waals surface area contributed by atoms with Crippen molar-refractivity contribution in [2.45, 2.75) is 39.8 Å². The second-order valence-corrected chi connectivity index (χ2v) is 6.00. The third-order valence-electron chi connectivity index (χ3n) is 3.71. The average Bonchev–Trinajstić information content (AvgIpc) is 2.59. The first kappa shape index (κ1) is 18.6. The summed E-state index contributed by atoms with van der Waals surface area (Å²) in [5, 5.41) is 4.18. The lowest BCUT2D eigenvalue weighted by molar-refractivity contribution is 0.266. The second kappa shape index (κ2) is 10.2.